The summed E-state index contributed by atoms with van der Waals surface area (Å²) < 4.78 is 30.2. The molecule has 6 aliphatic rings. The zero-order chi connectivity index (χ0) is 29.1. The standard InChI is InChI=1S/C32H48O8/c1-20-8-10-24(28(3,4)26(20)25(38-21(2)33)18-23-13-17-36-27(23)34)11-9-22-12-14-32(37-19-22)30(7)15-16-31(35,40-32)29(5,6)39-30/h18,22,24-26,35H,1,8-17,19H2,2-7H3. The monoisotopic (exact) mass is 560 g/mol. The van der Waals surface area contributed by atoms with Gasteiger partial charge in [0.25, 0.3) is 0 Å². The zero-order valence-electron chi connectivity index (χ0n) is 25.2. The second-order valence-electron chi connectivity index (χ2n) is 14.1. The van der Waals surface area contributed by atoms with Gasteiger partial charge in [0, 0.05) is 37.7 Å². The van der Waals surface area contributed by atoms with Gasteiger partial charge in [-0.05, 0) is 82.6 Å². The summed E-state index contributed by atoms with van der Waals surface area (Å²) in [5.74, 6) is -2.25. The lowest BCUT2D eigenvalue weighted by molar-refractivity contribution is -0.522. The van der Waals surface area contributed by atoms with E-state index in [9.17, 15) is 14.7 Å². The second-order valence-corrected chi connectivity index (χ2v) is 14.1. The summed E-state index contributed by atoms with van der Waals surface area (Å²) in [6.07, 6.45) is 8.62. The molecule has 40 heavy (non-hydrogen) atoms. The van der Waals surface area contributed by atoms with E-state index in [-0.39, 0.29) is 23.3 Å². The van der Waals surface area contributed by atoms with E-state index in [1.807, 2.05) is 13.8 Å². The van der Waals surface area contributed by atoms with E-state index in [4.69, 9.17) is 23.7 Å². The molecule has 1 aliphatic carbocycles. The summed E-state index contributed by atoms with van der Waals surface area (Å²) in [6, 6.07) is 0. The Morgan fingerprint density at radius 3 is 2.45 bits per heavy atom. The Hall–Kier alpha value is -1.74. The number of cyclic esters (lactones) is 1. The van der Waals surface area contributed by atoms with Crippen LogP contribution in [0, 0.1) is 23.2 Å². The fourth-order valence-corrected chi connectivity index (χ4v) is 8.22. The number of carbonyl (C=O) groups is 2. The number of carbonyl (C=O) groups excluding carboxylic acids is 2. The molecule has 0 aromatic carbocycles. The number of hydrogen-bond donors (Lipinski definition) is 1. The van der Waals surface area contributed by atoms with E-state index >= 15 is 0 Å². The molecule has 8 heteroatoms. The molecule has 6 fully saturated rings. The largest absolute Gasteiger partial charge is 0.462 e. The third-order valence-electron chi connectivity index (χ3n) is 10.8. The number of hydrogen-bond acceptors (Lipinski definition) is 8. The minimum absolute atomic E-state index is 0.0886. The van der Waals surface area contributed by atoms with Crippen molar-refractivity contribution in [2.75, 3.05) is 13.2 Å². The molecule has 7 atom stereocenters. The van der Waals surface area contributed by atoms with Gasteiger partial charge in [0.1, 0.15) is 17.3 Å². The molecular formula is C32H48O8. The fraction of sp³-hybridized carbons (Fsp3) is 0.812. The zero-order valence-corrected chi connectivity index (χ0v) is 25.2. The summed E-state index contributed by atoms with van der Waals surface area (Å²) in [5.41, 5.74) is 0.0907. The van der Waals surface area contributed by atoms with Crippen molar-refractivity contribution in [2.45, 2.75) is 128 Å². The Balaban J connectivity index is 1.24. The van der Waals surface area contributed by atoms with Crippen molar-refractivity contribution in [3.8, 4) is 0 Å². The molecule has 1 saturated carbocycles. The van der Waals surface area contributed by atoms with Crippen LogP contribution >= 0.6 is 0 Å². The maximum atomic E-state index is 12.2. The first kappa shape index (κ1) is 29.7. The van der Waals surface area contributed by atoms with E-state index < -0.39 is 28.9 Å². The van der Waals surface area contributed by atoms with Crippen molar-refractivity contribution in [2.24, 2.45) is 23.2 Å². The molecule has 0 radical (unpaired) electrons. The Bertz CT molecular complexity index is 1070. The molecule has 2 bridgehead atoms. The van der Waals surface area contributed by atoms with Gasteiger partial charge in [0.15, 0.2) is 5.79 Å². The number of fused-ring (bicyclic) bond motifs is 2. The maximum Gasteiger partial charge on any atom is 0.333 e. The lowest BCUT2D eigenvalue weighted by Gasteiger charge is -2.66. The van der Waals surface area contributed by atoms with Crippen LogP contribution in [0.15, 0.2) is 23.8 Å². The van der Waals surface area contributed by atoms with Crippen molar-refractivity contribution in [3.05, 3.63) is 23.8 Å². The normalized spacial score (nSPS) is 42.2. The Kier molecular flexibility index (Phi) is 7.59. The molecule has 224 valence electrons. The first-order valence-corrected chi connectivity index (χ1v) is 15.1. The number of ether oxygens (including phenoxy) is 5. The quantitative estimate of drug-likeness (QED) is 0.263. The van der Waals surface area contributed by atoms with E-state index in [1.54, 1.807) is 6.08 Å². The highest BCUT2D eigenvalue weighted by molar-refractivity contribution is 5.90. The first-order valence-electron chi connectivity index (χ1n) is 15.1. The van der Waals surface area contributed by atoms with Gasteiger partial charge < -0.3 is 28.8 Å². The first-order chi connectivity index (χ1) is 18.6. The molecule has 1 N–H and O–H groups in total. The van der Waals surface area contributed by atoms with E-state index in [0.29, 0.717) is 56.3 Å². The van der Waals surface area contributed by atoms with Gasteiger partial charge >= 0.3 is 11.9 Å². The molecule has 1 spiro atoms. The number of rotatable bonds is 6. The summed E-state index contributed by atoms with van der Waals surface area (Å²) in [6.45, 7) is 17.1. The Labute approximate surface area is 238 Å². The molecular weight excluding hydrogens is 512 g/mol. The van der Waals surface area contributed by atoms with Crippen molar-refractivity contribution >= 4 is 11.9 Å². The van der Waals surface area contributed by atoms with E-state index in [2.05, 4.69) is 27.4 Å². The lowest BCUT2D eigenvalue weighted by Crippen LogP contribution is -2.78. The lowest BCUT2D eigenvalue weighted by atomic mass is 9.57. The van der Waals surface area contributed by atoms with Crippen molar-refractivity contribution < 1.29 is 38.4 Å². The van der Waals surface area contributed by atoms with E-state index in [1.165, 1.54) is 6.92 Å². The van der Waals surface area contributed by atoms with Gasteiger partial charge in [-0.2, -0.15) is 0 Å². The van der Waals surface area contributed by atoms with Crippen LogP contribution < -0.4 is 0 Å². The maximum absolute atomic E-state index is 12.2. The highest BCUT2D eigenvalue weighted by Gasteiger charge is 2.71. The minimum Gasteiger partial charge on any atom is -0.462 e. The molecule has 5 heterocycles. The molecule has 0 aromatic heterocycles. The summed E-state index contributed by atoms with van der Waals surface area (Å²) in [5, 5.41) is 11.2. The average molecular weight is 561 g/mol. The number of aliphatic hydroxyl groups is 1. The molecule has 8 nitrogen and oxygen atoms in total. The van der Waals surface area contributed by atoms with Crippen molar-refractivity contribution in [1.82, 2.24) is 0 Å². The van der Waals surface area contributed by atoms with Gasteiger partial charge in [-0.3, -0.25) is 4.79 Å². The summed E-state index contributed by atoms with van der Waals surface area (Å²) in [4.78, 5) is 24.3. The molecule has 7 unspecified atom stereocenters. The number of esters is 2. The average Bonchev–Trinajstić information content (AvgIpc) is 3.25. The molecule has 5 saturated heterocycles. The minimum atomic E-state index is -1.34. The SMILES string of the molecule is C=C1CCC(CCC2CCC3(OC2)OC2(O)CCC3(C)OC2(C)C)C(C)(C)C1C(C=C1CCOC1=O)OC(C)=O. The third-order valence-corrected chi connectivity index (χ3v) is 10.8. The van der Waals surface area contributed by atoms with Gasteiger partial charge in [-0.1, -0.05) is 26.0 Å². The van der Waals surface area contributed by atoms with Crippen LogP contribution in [0.3, 0.4) is 0 Å². The van der Waals surface area contributed by atoms with Crippen molar-refractivity contribution in [3.63, 3.8) is 0 Å². The summed E-state index contributed by atoms with van der Waals surface area (Å²) >= 11 is 0. The molecule has 0 aromatic rings. The highest BCUT2D eigenvalue weighted by atomic mass is 16.8. The third kappa shape index (κ3) is 4.97. The van der Waals surface area contributed by atoms with Crippen LogP contribution in [0.2, 0.25) is 0 Å². The Morgan fingerprint density at radius 1 is 1.10 bits per heavy atom. The Morgan fingerprint density at radius 2 is 1.85 bits per heavy atom. The van der Waals surface area contributed by atoms with Crippen LogP contribution in [-0.4, -0.2) is 59.1 Å². The molecule has 5 aliphatic heterocycles. The molecule has 0 amide bonds. The van der Waals surface area contributed by atoms with Crippen LogP contribution in [0.4, 0.5) is 0 Å². The van der Waals surface area contributed by atoms with Gasteiger partial charge in [0.05, 0.1) is 13.2 Å². The fourth-order valence-electron chi connectivity index (χ4n) is 8.22. The second kappa shape index (κ2) is 10.2. The van der Waals surface area contributed by atoms with Gasteiger partial charge in [-0.15, -0.1) is 0 Å². The van der Waals surface area contributed by atoms with Gasteiger partial charge in [-0.25, -0.2) is 4.79 Å². The topological polar surface area (TPSA) is 101 Å². The molecule has 6 rings (SSSR count). The van der Waals surface area contributed by atoms with Gasteiger partial charge in [0.2, 0.25) is 5.79 Å². The van der Waals surface area contributed by atoms with Crippen LogP contribution in [0.1, 0.15) is 99.3 Å². The van der Waals surface area contributed by atoms with E-state index in [0.717, 1.165) is 37.7 Å². The van der Waals surface area contributed by atoms with Crippen LogP contribution in [-0.2, 0) is 33.3 Å². The van der Waals surface area contributed by atoms with Crippen LogP contribution in [0.5, 0.6) is 0 Å². The predicted octanol–water partition coefficient (Wildman–Crippen LogP) is 5.37. The predicted molar refractivity (Wildman–Crippen MR) is 148 cm³/mol. The van der Waals surface area contributed by atoms with Crippen molar-refractivity contribution in [1.29, 1.82) is 0 Å². The summed E-state index contributed by atoms with van der Waals surface area (Å²) in [7, 11) is 0. The highest BCUT2D eigenvalue weighted by Crippen LogP contribution is 2.59. The van der Waals surface area contributed by atoms with Crippen LogP contribution in [0.25, 0.3) is 0 Å². The smallest absolute Gasteiger partial charge is 0.333 e.